The molecule has 0 amide bonds. The quantitative estimate of drug-likeness (QED) is 0.621. The van der Waals surface area contributed by atoms with Crippen molar-refractivity contribution in [3.63, 3.8) is 0 Å². The largest absolute Gasteiger partial charge is 0.395 e. The summed E-state index contributed by atoms with van der Waals surface area (Å²) in [5.41, 5.74) is -1.04. The molecular weight excluding hydrogens is 260 g/mol. The lowest BCUT2D eigenvalue weighted by Crippen LogP contribution is -2.38. The molecule has 0 aromatic carbocycles. The Morgan fingerprint density at radius 2 is 2.28 bits per heavy atom. The van der Waals surface area contributed by atoms with E-state index < -0.39 is 34.1 Å². The fraction of sp³-hybridized carbons (Fsp3) is 0.600. The number of hydrogen-bond donors (Lipinski definition) is 3. The zero-order valence-corrected chi connectivity index (χ0v) is 10.5. The first-order valence-corrected chi connectivity index (χ1v) is 6.31. The van der Waals surface area contributed by atoms with Crippen LogP contribution in [0.4, 0.5) is 0 Å². The van der Waals surface area contributed by atoms with Gasteiger partial charge in [-0.1, -0.05) is 0 Å². The molecule has 1 aliphatic heterocycles. The number of aliphatic hydroxyl groups excluding tert-OH is 2. The zero-order chi connectivity index (χ0) is 13.3. The number of nitrogens with zero attached hydrogens (tertiary/aromatic N) is 1. The summed E-state index contributed by atoms with van der Waals surface area (Å²) < 4.78 is 6.46. The molecule has 2 unspecified atom stereocenters. The smallest absolute Gasteiger partial charge is 0.329 e. The van der Waals surface area contributed by atoms with Crippen LogP contribution in [0.15, 0.2) is 21.9 Å². The summed E-state index contributed by atoms with van der Waals surface area (Å²) in [7, 11) is 1.43. The number of aliphatic hydroxyl groups is 2. The van der Waals surface area contributed by atoms with E-state index in [1.807, 2.05) is 0 Å². The summed E-state index contributed by atoms with van der Waals surface area (Å²) in [6.45, 7) is -0.208. The lowest BCUT2D eigenvalue weighted by molar-refractivity contribution is -0.0189. The van der Waals surface area contributed by atoms with Crippen molar-refractivity contribution in [2.24, 2.45) is 0 Å². The van der Waals surface area contributed by atoms with Gasteiger partial charge in [0.15, 0.2) is 0 Å². The zero-order valence-electron chi connectivity index (χ0n) is 9.65. The van der Waals surface area contributed by atoms with Crippen LogP contribution in [0.2, 0.25) is 0 Å². The summed E-state index contributed by atoms with van der Waals surface area (Å²) in [5.74, 6) is 0. The molecular formula is C10H14N2O5S. The molecule has 1 fully saturated rings. The van der Waals surface area contributed by atoms with Crippen molar-refractivity contribution in [2.75, 3.05) is 13.7 Å². The molecule has 0 aliphatic carbocycles. The van der Waals surface area contributed by atoms with Crippen LogP contribution in [0, 0.1) is 0 Å². The maximum atomic E-state index is 11.7. The van der Waals surface area contributed by atoms with Crippen LogP contribution in [-0.2, 0) is 4.74 Å². The highest BCUT2D eigenvalue weighted by atomic mass is 32.2. The third kappa shape index (κ3) is 2.24. The van der Waals surface area contributed by atoms with Crippen LogP contribution in [0.1, 0.15) is 5.37 Å². The molecule has 1 aromatic rings. The Labute approximate surface area is 106 Å². The number of rotatable bonds is 3. The number of nitrogens with one attached hydrogen (secondary N) is 1. The second-order valence-corrected chi connectivity index (χ2v) is 5.32. The Morgan fingerprint density at radius 1 is 1.56 bits per heavy atom. The minimum absolute atomic E-state index is 0.208. The third-order valence-electron chi connectivity index (χ3n) is 2.89. The molecule has 8 heteroatoms. The van der Waals surface area contributed by atoms with Crippen LogP contribution < -0.4 is 11.2 Å². The van der Waals surface area contributed by atoms with Crippen LogP contribution in [0.25, 0.3) is 0 Å². The van der Waals surface area contributed by atoms with Crippen molar-refractivity contribution in [3.8, 4) is 0 Å². The molecule has 1 saturated heterocycles. The predicted molar refractivity (Wildman–Crippen MR) is 65.6 cm³/mol. The van der Waals surface area contributed by atoms with Crippen molar-refractivity contribution in [3.05, 3.63) is 33.1 Å². The van der Waals surface area contributed by atoms with Crippen molar-refractivity contribution < 1.29 is 14.9 Å². The van der Waals surface area contributed by atoms with Gasteiger partial charge < -0.3 is 14.9 Å². The lowest BCUT2D eigenvalue weighted by Gasteiger charge is -2.21. The summed E-state index contributed by atoms with van der Waals surface area (Å²) in [6, 6.07) is 1.23. The third-order valence-corrected chi connectivity index (χ3v) is 4.44. The second-order valence-electron chi connectivity index (χ2n) is 3.96. The summed E-state index contributed by atoms with van der Waals surface area (Å²) in [5, 5.41) is 18.2. The highest BCUT2D eigenvalue weighted by molar-refractivity contribution is 8.00. The Balaban J connectivity index is 2.38. The molecule has 1 aromatic heterocycles. The highest BCUT2D eigenvalue weighted by Gasteiger charge is 2.44. The van der Waals surface area contributed by atoms with Gasteiger partial charge in [0, 0.05) is 19.4 Å². The fourth-order valence-corrected chi connectivity index (χ4v) is 3.46. The Kier molecular flexibility index (Phi) is 3.91. The molecule has 2 rings (SSSR count). The van der Waals surface area contributed by atoms with Gasteiger partial charge in [0.25, 0.3) is 5.56 Å². The van der Waals surface area contributed by atoms with Crippen LogP contribution >= 0.6 is 11.8 Å². The molecule has 3 N–H and O–H groups in total. The minimum atomic E-state index is -0.867. The summed E-state index contributed by atoms with van der Waals surface area (Å²) >= 11 is 1.24. The maximum absolute atomic E-state index is 11.7. The molecule has 18 heavy (non-hydrogen) atoms. The van der Waals surface area contributed by atoms with Crippen LogP contribution in [-0.4, -0.2) is 50.9 Å². The molecule has 0 bridgehead atoms. The Bertz CT molecular complexity index is 527. The first-order valence-electron chi connectivity index (χ1n) is 5.37. The molecule has 100 valence electrons. The van der Waals surface area contributed by atoms with Crippen molar-refractivity contribution in [1.29, 1.82) is 0 Å². The van der Waals surface area contributed by atoms with Crippen LogP contribution in [0.5, 0.6) is 0 Å². The Hall–Kier alpha value is -1.09. The predicted octanol–water partition coefficient (Wildman–Crippen LogP) is -1.48. The monoisotopic (exact) mass is 274 g/mol. The van der Waals surface area contributed by atoms with E-state index in [1.165, 1.54) is 35.7 Å². The Morgan fingerprint density at radius 3 is 2.83 bits per heavy atom. The van der Waals surface area contributed by atoms with E-state index in [1.54, 1.807) is 0 Å². The van der Waals surface area contributed by atoms with Gasteiger partial charge in [0.05, 0.1) is 18.0 Å². The van der Waals surface area contributed by atoms with Crippen molar-refractivity contribution in [1.82, 2.24) is 9.55 Å². The van der Waals surface area contributed by atoms with E-state index in [2.05, 4.69) is 4.98 Å². The standard InChI is InChI=1S/C10H14N2O5S/c1-17-8-7(15)5(4-13)18-9(8)12-3-2-6(14)11-10(12)16/h2-3,5,7-9,13,15H,4H2,1H3,(H,11,14,16)/t5-,7?,8?,9+/m0/s1. The normalized spacial score (nSPS) is 31.7. The van der Waals surface area contributed by atoms with Gasteiger partial charge in [0.2, 0.25) is 0 Å². The maximum Gasteiger partial charge on any atom is 0.329 e. The molecule has 0 radical (unpaired) electrons. The number of methoxy groups -OCH3 is 1. The van der Waals surface area contributed by atoms with Gasteiger partial charge in [-0.05, 0) is 0 Å². The molecule has 0 spiro atoms. The van der Waals surface area contributed by atoms with E-state index in [9.17, 15) is 14.7 Å². The van der Waals surface area contributed by atoms with E-state index in [-0.39, 0.29) is 6.61 Å². The number of hydrogen-bond acceptors (Lipinski definition) is 6. The SMILES string of the molecule is COC1C(O)[C@H](CO)S[C@H]1n1ccc(=O)[nH]c1=O. The average Bonchev–Trinajstić information content (AvgIpc) is 2.65. The molecule has 7 nitrogen and oxygen atoms in total. The van der Waals surface area contributed by atoms with E-state index in [0.29, 0.717) is 0 Å². The van der Waals surface area contributed by atoms with Crippen molar-refractivity contribution in [2.45, 2.75) is 22.8 Å². The number of thioether (sulfide) groups is 1. The summed E-state index contributed by atoms with van der Waals surface area (Å²) in [6.07, 6.45) is -0.123. The highest BCUT2D eigenvalue weighted by Crippen LogP contribution is 2.42. The van der Waals surface area contributed by atoms with Gasteiger partial charge >= 0.3 is 5.69 Å². The number of aromatic nitrogens is 2. The first-order chi connectivity index (χ1) is 8.58. The van der Waals surface area contributed by atoms with Gasteiger partial charge in [-0.2, -0.15) is 0 Å². The molecule has 2 heterocycles. The second kappa shape index (κ2) is 5.27. The van der Waals surface area contributed by atoms with Gasteiger partial charge in [-0.3, -0.25) is 14.3 Å². The minimum Gasteiger partial charge on any atom is -0.395 e. The molecule has 1 aliphatic rings. The van der Waals surface area contributed by atoms with Gasteiger partial charge in [-0.25, -0.2) is 4.79 Å². The number of ether oxygens (including phenoxy) is 1. The first kappa shape index (κ1) is 13.3. The van der Waals surface area contributed by atoms with E-state index >= 15 is 0 Å². The van der Waals surface area contributed by atoms with E-state index in [4.69, 9.17) is 9.84 Å². The number of aromatic amines is 1. The topological polar surface area (TPSA) is 105 Å². The molecule has 4 atom stereocenters. The molecule has 0 saturated carbocycles. The van der Waals surface area contributed by atoms with Gasteiger partial charge in [0.1, 0.15) is 11.5 Å². The average molecular weight is 274 g/mol. The van der Waals surface area contributed by atoms with Gasteiger partial charge in [-0.15, -0.1) is 11.8 Å². The van der Waals surface area contributed by atoms with Crippen molar-refractivity contribution >= 4 is 11.8 Å². The lowest BCUT2D eigenvalue weighted by atomic mass is 10.1. The fourth-order valence-electron chi connectivity index (χ4n) is 1.98. The van der Waals surface area contributed by atoms with Crippen LogP contribution in [0.3, 0.4) is 0 Å². The summed E-state index contributed by atoms with van der Waals surface area (Å²) in [4.78, 5) is 24.8. The van der Waals surface area contributed by atoms with E-state index in [0.717, 1.165) is 0 Å². The number of H-pyrrole nitrogens is 1.